The van der Waals surface area contributed by atoms with Gasteiger partial charge in [0, 0.05) is 23.8 Å². The van der Waals surface area contributed by atoms with Crippen LogP contribution in [0.25, 0.3) is 5.57 Å². The van der Waals surface area contributed by atoms with Crippen molar-refractivity contribution in [3.63, 3.8) is 0 Å². The van der Waals surface area contributed by atoms with Crippen LogP contribution in [-0.4, -0.2) is 12.6 Å². The lowest BCUT2D eigenvalue weighted by atomic mass is 9.97. The Kier molecular flexibility index (Phi) is 2.32. The van der Waals surface area contributed by atoms with Crippen molar-refractivity contribution in [2.45, 2.75) is 26.8 Å². The molecule has 0 fully saturated rings. The fourth-order valence-electron chi connectivity index (χ4n) is 2.28. The summed E-state index contributed by atoms with van der Waals surface area (Å²) in [4.78, 5) is 2.43. The van der Waals surface area contributed by atoms with Gasteiger partial charge in [0.05, 0.1) is 0 Å². The van der Waals surface area contributed by atoms with Gasteiger partial charge in [-0.25, -0.2) is 0 Å². The molecule has 0 aliphatic carbocycles. The lowest BCUT2D eigenvalue weighted by molar-refractivity contribution is 0.750. The molecule has 0 amide bonds. The average molecular weight is 187 g/mol. The van der Waals surface area contributed by atoms with E-state index < -0.39 is 0 Å². The van der Waals surface area contributed by atoms with Gasteiger partial charge in [-0.15, -0.1) is 0 Å². The van der Waals surface area contributed by atoms with Crippen LogP contribution in [0.15, 0.2) is 30.3 Å². The molecule has 0 N–H and O–H groups in total. The van der Waals surface area contributed by atoms with E-state index in [4.69, 9.17) is 0 Å². The van der Waals surface area contributed by atoms with E-state index in [2.05, 4.69) is 56.0 Å². The van der Waals surface area contributed by atoms with Crippen LogP contribution in [-0.2, 0) is 0 Å². The molecular formula is C13H17N. The summed E-state index contributed by atoms with van der Waals surface area (Å²) in [7, 11) is 0. The Labute approximate surface area is 86.1 Å². The van der Waals surface area contributed by atoms with Gasteiger partial charge in [-0.3, -0.25) is 0 Å². The van der Waals surface area contributed by atoms with Gasteiger partial charge in [0.2, 0.25) is 0 Å². The summed E-state index contributed by atoms with van der Waals surface area (Å²) >= 11 is 0. The first-order valence-corrected chi connectivity index (χ1v) is 5.28. The SMILES string of the molecule is CCN1c2ccccc2C(C)=CC1C. The summed E-state index contributed by atoms with van der Waals surface area (Å²) in [6.45, 7) is 7.73. The zero-order valence-electron chi connectivity index (χ0n) is 9.12. The van der Waals surface area contributed by atoms with Crippen LogP contribution in [0.5, 0.6) is 0 Å². The second kappa shape index (κ2) is 3.49. The number of allylic oxidation sites excluding steroid dienone is 1. The number of hydrogen-bond donors (Lipinski definition) is 0. The number of anilines is 1. The molecule has 1 aliphatic heterocycles. The second-order valence-corrected chi connectivity index (χ2v) is 3.89. The highest BCUT2D eigenvalue weighted by Crippen LogP contribution is 2.33. The second-order valence-electron chi connectivity index (χ2n) is 3.89. The Bertz CT molecular complexity index is 365. The van der Waals surface area contributed by atoms with Crippen LogP contribution < -0.4 is 4.90 Å². The summed E-state index contributed by atoms with van der Waals surface area (Å²) in [6, 6.07) is 9.17. The van der Waals surface area contributed by atoms with E-state index in [1.165, 1.54) is 16.8 Å². The summed E-state index contributed by atoms with van der Waals surface area (Å²) in [5, 5.41) is 0. The number of likely N-dealkylation sites (N-methyl/N-ethyl adjacent to an activating group) is 1. The van der Waals surface area contributed by atoms with Gasteiger partial charge >= 0.3 is 0 Å². The molecule has 1 aliphatic rings. The van der Waals surface area contributed by atoms with Crippen molar-refractivity contribution in [2.75, 3.05) is 11.4 Å². The zero-order chi connectivity index (χ0) is 10.1. The van der Waals surface area contributed by atoms with Crippen LogP contribution >= 0.6 is 0 Å². The van der Waals surface area contributed by atoms with E-state index in [1.54, 1.807) is 0 Å². The lowest BCUT2D eigenvalue weighted by Crippen LogP contribution is -2.34. The molecular weight excluding hydrogens is 170 g/mol. The minimum atomic E-state index is 0.523. The maximum atomic E-state index is 2.43. The molecule has 1 heterocycles. The molecule has 1 unspecified atom stereocenters. The topological polar surface area (TPSA) is 3.24 Å². The number of para-hydroxylation sites is 1. The quantitative estimate of drug-likeness (QED) is 0.652. The van der Waals surface area contributed by atoms with Crippen molar-refractivity contribution in [1.82, 2.24) is 0 Å². The number of nitrogens with zero attached hydrogens (tertiary/aromatic N) is 1. The number of fused-ring (bicyclic) bond motifs is 1. The van der Waals surface area contributed by atoms with Crippen molar-refractivity contribution in [1.29, 1.82) is 0 Å². The highest BCUT2D eigenvalue weighted by Gasteiger charge is 2.19. The van der Waals surface area contributed by atoms with Crippen molar-refractivity contribution >= 4 is 11.3 Å². The maximum Gasteiger partial charge on any atom is 0.0450 e. The third kappa shape index (κ3) is 1.33. The number of benzene rings is 1. The van der Waals surface area contributed by atoms with Gasteiger partial charge in [0.25, 0.3) is 0 Å². The highest BCUT2D eigenvalue weighted by molar-refractivity contribution is 5.79. The smallest absolute Gasteiger partial charge is 0.0450 e. The molecule has 74 valence electrons. The standard InChI is InChI=1S/C13H17N/c1-4-14-11(3)9-10(2)12-7-5-6-8-13(12)14/h5-9,11H,4H2,1-3H3. The molecule has 1 atom stereocenters. The van der Waals surface area contributed by atoms with Gasteiger partial charge < -0.3 is 4.90 Å². The van der Waals surface area contributed by atoms with Crippen LogP contribution in [0.3, 0.4) is 0 Å². The molecule has 2 rings (SSSR count). The van der Waals surface area contributed by atoms with E-state index >= 15 is 0 Å². The first kappa shape index (κ1) is 9.32. The molecule has 1 heteroatoms. The monoisotopic (exact) mass is 187 g/mol. The average Bonchev–Trinajstić information content (AvgIpc) is 2.18. The van der Waals surface area contributed by atoms with Crippen LogP contribution in [0.1, 0.15) is 26.3 Å². The fourth-order valence-corrected chi connectivity index (χ4v) is 2.28. The van der Waals surface area contributed by atoms with Gasteiger partial charge in [-0.2, -0.15) is 0 Å². The molecule has 1 nitrogen and oxygen atoms in total. The fraction of sp³-hybridized carbons (Fsp3) is 0.385. The predicted octanol–water partition coefficient (Wildman–Crippen LogP) is 3.32. The van der Waals surface area contributed by atoms with E-state index in [9.17, 15) is 0 Å². The molecule has 0 aromatic heterocycles. The van der Waals surface area contributed by atoms with Gasteiger partial charge in [-0.05, 0) is 32.4 Å². The zero-order valence-corrected chi connectivity index (χ0v) is 9.12. The van der Waals surface area contributed by atoms with E-state index in [0.29, 0.717) is 6.04 Å². The molecule has 1 aromatic rings. The summed E-state index contributed by atoms with van der Waals surface area (Å²) in [5.74, 6) is 0. The summed E-state index contributed by atoms with van der Waals surface area (Å²) in [5.41, 5.74) is 4.16. The maximum absolute atomic E-state index is 2.43. The molecule has 0 saturated carbocycles. The number of rotatable bonds is 1. The number of hydrogen-bond acceptors (Lipinski definition) is 1. The molecule has 0 radical (unpaired) electrons. The molecule has 1 aromatic carbocycles. The van der Waals surface area contributed by atoms with Crippen LogP contribution in [0.4, 0.5) is 5.69 Å². The third-order valence-corrected chi connectivity index (χ3v) is 2.96. The molecule has 0 saturated heterocycles. The van der Waals surface area contributed by atoms with Crippen molar-refractivity contribution in [3.05, 3.63) is 35.9 Å². The van der Waals surface area contributed by atoms with Gasteiger partial charge in [-0.1, -0.05) is 24.3 Å². The van der Waals surface area contributed by atoms with Gasteiger partial charge in [0.15, 0.2) is 0 Å². The Hall–Kier alpha value is -1.24. The minimum absolute atomic E-state index is 0.523. The Morgan fingerprint density at radius 3 is 2.71 bits per heavy atom. The minimum Gasteiger partial charge on any atom is -0.365 e. The van der Waals surface area contributed by atoms with Crippen LogP contribution in [0.2, 0.25) is 0 Å². The predicted molar refractivity (Wildman–Crippen MR) is 62.6 cm³/mol. The van der Waals surface area contributed by atoms with Gasteiger partial charge in [0.1, 0.15) is 0 Å². The molecule has 14 heavy (non-hydrogen) atoms. The normalized spacial score (nSPS) is 20.4. The highest BCUT2D eigenvalue weighted by atomic mass is 15.2. The first-order valence-electron chi connectivity index (χ1n) is 5.28. The van der Waals surface area contributed by atoms with Crippen molar-refractivity contribution in [3.8, 4) is 0 Å². The van der Waals surface area contributed by atoms with E-state index in [-0.39, 0.29) is 0 Å². The Morgan fingerprint density at radius 1 is 1.29 bits per heavy atom. The Balaban J connectivity index is 2.54. The largest absolute Gasteiger partial charge is 0.365 e. The lowest BCUT2D eigenvalue weighted by Gasteiger charge is -2.34. The summed E-state index contributed by atoms with van der Waals surface area (Å²) < 4.78 is 0. The van der Waals surface area contributed by atoms with Crippen LogP contribution in [0, 0.1) is 0 Å². The summed E-state index contributed by atoms with van der Waals surface area (Å²) in [6.07, 6.45) is 2.34. The molecule has 0 spiro atoms. The van der Waals surface area contributed by atoms with Crippen molar-refractivity contribution in [2.24, 2.45) is 0 Å². The molecule has 0 bridgehead atoms. The third-order valence-electron chi connectivity index (χ3n) is 2.96. The van der Waals surface area contributed by atoms with E-state index in [1.807, 2.05) is 0 Å². The Morgan fingerprint density at radius 2 is 2.00 bits per heavy atom. The first-order chi connectivity index (χ1) is 6.74. The van der Waals surface area contributed by atoms with E-state index in [0.717, 1.165) is 6.54 Å². The van der Waals surface area contributed by atoms with Crippen molar-refractivity contribution < 1.29 is 0 Å².